The second-order valence-corrected chi connectivity index (χ2v) is 6.59. The average molecular weight is 344 g/mol. The van der Waals surface area contributed by atoms with E-state index >= 15 is 0 Å². The summed E-state index contributed by atoms with van der Waals surface area (Å²) >= 11 is 1.52. The number of rotatable bonds is 7. The highest BCUT2D eigenvalue weighted by molar-refractivity contribution is 7.10. The molecular weight excluding hydrogens is 324 g/mol. The minimum atomic E-state index is -0.632. The Labute approximate surface area is 145 Å². The molecule has 0 fully saturated rings. The molecule has 2 amide bonds. The molecule has 0 aliphatic heterocycles. The first kappa shape index (κ1) is 17.8. The standard InChI is InChI=1S/C17H20N4O2S/c1-12(2)16(20-15(22)10-14-4-3-9-24-14)17(23)21-19-11-13-5-7-18-8-6-13/h3-9,11-12,16H,10H2,1-2H3,(H,20,22)(H,21,23). The highest BCUT2D eigenvalue weighted by Crippen LogP contribution is 2.10. The summed E-state index contributed by atoms with van der Waals surface area (Å²) in [5.74, 6) is -0.562. The van der Waals surface area contributed by atoms with Crippen LogP contribution in [0.25, 0.3) is 0 Å². The van der Waals surface area contributed by atoms with Gasteiger partial charge in [-0.25, -0.2) is 5.43 Å². The van der Waals surface area contributed by atoms with Crippen LogP contribution in [0.15, 0.2) is 47.1 Å². The molecule has 0 bridgehead atoms. The third-order valence-electron chi connectivity index (χ3n) is 3.27. The van der Waals surface area contributed by atoms with Crippen LogP contribution >= 0.6 is 11.3 Å². The van der Waals surface area contributed by atoms with Crippen molar-refractivity contribution in [2.45, 2.75) is 26.3 Å². The van der Waals surface area contributed by atoms with Crippen molar-refractivity contribution in [3.63, 3.8) is 0 Å². The van der Waals surface area contributed by atoms with E-state index in [1.54, 1.807) is 24.5 Å². The number of hydrogen-bond donors (Lipinski definition) is 2. The van der Waals surface area contributed by atoms with Gasteiger partial charge in [-0.05, 0) is 35.1 Å². The lowest BCUT2D eigenvalue weighted by Crippen LogP contribution is -2.49. The molecule has 0 spiro atoms. The zero-order valence-corrected chi connectivity index (χ0v) is 14.4. The van der Waals surface area contributed by atoms with E-state index in [1.807, 2.05) is 31.4 Å². The summed E-state index contributed by atoms with van der Waals surface area (Å²) in [4.78, 5) is 29.2. The van der Waals surface area contributed by atoms with Crippen LogP contribution in [0.5, 0.6) is 0 Å². The smallest absolute Gasteiger partial charge is 0.262 e. The molecule has 0 radical (unpaired) electrons. The van der Waals surface area contributed by atoms with Gasteiger partial charge >= 0.3 is 0 Å². The normalized spacial score (nSPS) is 12.3. The van der Waals surface area contributed by atoms with Gasteiger partial charge in [0, 0.05) is 17.3 Å². The van der Waals surface area contributed by atoms with Gasteiger partial charge in [0.15, 0.2) is 0 Å². The Kier molecular flexibility index (Phi) is 6.62. The molecule has 1 atom stereocenters. The van der Waals surface area contributed by atoms with Crippen LogP contribution in [0.3, 0.4) is 0 Å². The van der Waals surface area contributed by atoms with Crippen molar-refractivity contribution in [3.05, 3.63) is 52.5 Å². The van der Waals surface area contributed by atoms with Gasteiger partial charge in [0.2, 0.25) is 5.91 Å². The topological polar surface area (TPSA) is 83.5 Å². The van der Waals surface area contributed by atoms with E-state index in [1.165, 1.54) is 17.6 Å². The number of pyridine rings is 1. The third kappa shape index (κ3) is 5.58. The molecule has 0 aromatic carbocycles. The zero-order chi connectivity index (χ0) is 17.4. The van der Waals surface area contributed by atoms with E-state index < -0.39 is 6.04 Å². The van der Waals surface area contributed by atoms with Gasteiger partial charge in [-0.1, -0.05) is 19.9 Å². The molecule has 126 valence electrons. The van der Waals surface area contributed by atoms with Gasteiger partial charge in [0.05, 0.1) is 12.6 Å². The lowest BCUT2D eigenvalue weighted by Gasteiger charge is -2.20. The predicted molar refractivity (Wildman–Crippen MR) is 94.8 cm³/mol. The lowest BCUT2D eigenvalue weighted by atomic mass is 10.0. The number of amides is 2. The Balaban J connectivity index is 1.90. The van der Waals surface area contributed by atoms with Crippen molar-refractivity contribution >= 4 is 29.4 Å². The minimum absolute atomic E-state index is 0.0478. The molecule has 7 heteroatoms. The quantitative estimate of drug-likeness (QED) is 0.595. The summed E-state index contributed by atoms with van der Waals surface area (Å²) in [7, 11) is 0. The van der Waals surface area contributed by atoms with Crippen molar-refractivity contribution in [2.24, 2.45) is 11.0 Å². The summed E-state index contributed by atoms with van der Waals surface area (Å²) < 4.78 is 0. The third-order valence-corrected chi connectivity index (χ3v) is 4.15. The Morgan fingerprint density at radius 2 is 2.04 bits per heavy atom. The number of hydrogen-bond acceptors (Lipinski definition) is 5. The minimum Gasteiger partial charge on any atom is -0.344 e. The van der Waals surface area contributed by atoms with Crippen molar-refractivity contribution in [1.29, 1.82) is 0 Å². The van der Waals surface area contributed by atoms with E-state index in [4.69, 9.17) is 0 Å². The fourth-order valence-corrected chi connectivity index (χ4v) is 2.72. The average Bonchev–Trinajstić information content (AvgIpc) is 3.06. The molecule has 2 aromatic heterocycles. The summed E-state index contributed by atoms with van der Waals surface area (Å²) in [6.07, 6.45) is 5.09. The molecule has 6 nitrogen and oxygen atoms in total. The van der Waals surface area contributed by atoms with Gasteiger partial charge in [-0.3, -0.25) is 14.6 Å². The molecule has 2 rings (SSSR count). The van der Waals surface area contributed by atoms with Gasteiger partial charge in [0.25, 0.3) is 5.91 Å². The summed E-state index contributed by atoms with van der Waals surface area (Å²) in [6.45, 7) is 3.75. The first-order valence-electron chi connectivity index (χ1n) is 7.61. The highest BCUT2D eigenvalue weighted by atomic mass is 32.1. The second kappa shape index (κ2) is 8.93. The van der Waals surface area contributed by atoms with Crippen molar-refractivity contribution in [3.8, 4) is 0 Å². The van der Waals surface area contributed by atoms with Crippen LogP contribution in [-0.4, -0.2) is 29.1 Å². The maximum absolute atomic E-state index is 12.3. The monoisotopic (exact) mass is 344 g/mol. The molecule has 2 aromatic rings. The van der Waals surface area contributed by atoms with Crippen LogP contribution in [0.2, 0.25) is 0 Å². The van der Waals surface area contributed by atoms with Crippen LogP contribution in [0.1, 0.15) is 24.3 Å². The predicted octanol–water partition coefficient (Wildman–Crippen LogP) is 1.98. The van der Waals surface area contributed by atoms with Crippen molar-refractivity contribution in [2.75, 3.05) is 0 Å². The van der Waals surface area contributed by atoms with E-state index in [9.17, 15) is 9.59 Å². The molecule has 0 saturated heterocycles. The fourth-order valence-electron chi connectivity index (χ4n) is 2.02. The van der Waals surface area contributed by atoms with Crippen LogP contribution in [0, 0.1) is 5.92 Å². The van der Waals surface area contributed by atoms with E-state index in [0.29, 0.717) is 0 Å². The van der Waals surface area contributed by atoms with Crippen LogP contribution in [-0.2, 0) is 16.0 Å². The number of nitrogens with zero attached hydrogens (tertiary/aromatic N) is 2. The molecule has 0 aliphatic carbocycles. The van der Waals surface area contributed by atoms with Gasteiger partial charge < -0.3 is 5.32 Å². The first-order chi connectivity index (χ1) is 11.6. The number of nitrogens with one attached hydrogen (secondary N) is 2. The number of thiophene rings is 1. The maximum Gasteiger partial charge on any atom is 0.262 e. The number of hydrazone groups is 1. The second-order valence-electron chi connectivity index (χ2n) is 5.56. The largest absolute Gasteiger partial charge is 0.344 e. The SMILES string of the molecule is CC(C)C(NC(=O)Cc1cccs1)C(=O)NN=Cc1ccncc1. The molecule has 24 heavy (non-hydrogen) atoms. The van der Waals surface area contributed by atoms with Crippen molar-refractivity contribution < 1.29 is 9.59 Å². The molecule has 2 N–H and O–H groups in total. The number of carbonyl (C=O) groups is 2. The zero-order valence-electron chi connectivity index (χ0n) is 13.6. The molecular formula is C17H20N4O2S. The fraction of sp³-hybridized carbons (Fsp3) is 0.294. The van der Waals surface area contributed by atoms with E-state index in [2.05, 4.69) is 20.8 Å². The Morgan fingerprint density at radius 3 is 2.67 bits per heavy atom. The van der Waals surface area contributed by atoms with Gasteiger partial charge in [-0.15, -0.1) is 11.3 Å². The first-order valence-corrected chi connectivity index (χ1v) is 8.49. The van der Waals surface area contributed by atoms with Gasteiger partial charge in [0.1, 0.15) is 6.04 Å². The van der Waals surface area contributed by atoms with Crippen molar-refractivity contribution in [1.82, 2.24) is 15.7 Å². The molecule has 1 unspecified atom stereocenters. The summed E-state index contributed by atoms with van der Waals surface area (Å²) in [6, 6.07) is 6.71. The van der Waals surface area contributed by atoms with Gasteiger partial charge in [-0.2, -0.15) is 5.10 Å². The summed E-state index contributed by atoms with van der Waals surface area (Å²) in [5, 5.41) is 8.62. The summed E-state index contributed by atoms with van der Waals surface area (Å²) in [5.41, 5.74) is 3.30. The Bertz CT molecular complexity index is 684. The molecule has 2 heterocycles. The number of aromatic nitrogens is 1. The van der Waals surface area contributed by atoms with Crippen LogP contribution in [0.4, 0.5) is 0 Å². The number of carbonyl (C=O) groups excluding carboxylic acids is 2. The molecule has 0 saturated carbocycles. The lowest BCUT2D eigenvalue weighted by molar-refractivity contribution is -0.129. The van der Waals surface area contributed by atoms with E-state index in [0.717, 1.165) is 10.4 Å². The van der Waals surface area contributed by atoms with Crippen LogP contribution < -0.4 is 10.7 Å². The maximum atomic E-state index is 12.3. The molecule has 0 aliphatic rings. The highest BCUT2D eigenvalue weighted by Gasteiger charge is 2.24. The van der Waals surface area contributed by atoms with E-state index in [-0.39, 0.29) is 24.2 Å². The Morgan fingerprint density at radius 1 is 1.29 bits per heavy atom. The Hall–Kier alpha value is -2.54.